The van der Waals surface area contributed by atoms with Crippen molar-refractivity contribution in [1.29, 1.82) is 5.26 Å². The summed E-state index contributed by atoms with van der Waals surface area (Å²) in [5.41, 5.74) is 2.68. The van der Waals surface area contributed by atoms with Crippen LogP contribution in [-0.4, -0.2) is 19.0 Å². The molecule has 4 fully saturated rings. The highest BCUT2D eigenvalue weighted by molar-refractivity contribution is 5.32. The summed E-state index contributed by atoms with van der Waals surface area (Å²) in [5, 5.41) is 9.42. The van der Waals surface area contributed by atoms with Crippen molar-refractivity contribution < 1.29 is 0 Å². The van der Waals surface area contributed by atoms with Crippen LogP contribution in [0.25, 0.3) is 0 Å². The molecule has 4 aliphatic carbocycles. The van der Waals surface area contributed by atoms with Crippen LogP contribution >= 0.6 is 0 Å². The number of rotatable bonds is 2. The minimum absolute atomic E-state index is 0.379. The third-order valence-corrected chi connectivity index (χ3v) is 5.74. The number of hydrogen-bond donors (Lipinski definition) is 0. The van der Waals surface area contributed by atoms with Crippen LogP contribution < -0.4 is 0 Å². The lowest BCUT2D eigenvalue weighted by molar-refractivity contribution is -0.0314. The van der Waals surface area contributed by atoms with Gasteiger partial charge in [-0.1, -0.05) is 0 Å². The smallest absolute Gasteiger partial charge is 0.117 e. The predicted octanol–water partition coefficient (Wildman–Crippen LogP) is 3.56. The molecule has 2 heteroatoms. The Labute approximate surface area is 111 Å². The summed E-state index contributed by atoms with van der Waals surface area (Å²) in [6.07, 6.45) is 8.46. The average molecular weight is 244 g/mol. The predicted molar refractivity (Wildman–Crippen MR) is 72.6 cm³/mol. The zero-order chi connectivity index (χ0) is 12.9. The van der Waals surface area contributed by atoms with E-state index in [1.807, 2.05) is 19.0 Å². The van der Waals surface area contributed by atoms with Gasteiger partial charge < -0.3 is 4.90 Å². The molecule has 4 bridgehead atoms. The van der Waals surface area contributed by atoms with Gasteiger partial charge in [-0.2, -0.15) is 5.26 Å². The molecule has 0 aromatic rings. The topological polar surface area (TPSA) is 27.0 Å². The first-order valence-electron chi connectivity index (χ1n) is 7.33. The van der Waals surface area contributed by atoms with Crippen molar-refractivity contribution in [1.82, 2.24) is 4.90 Å². The average Bonchev–Trinajstić information content (AvgIpc) is 2.27. The van der Waals surface area contributed by atoms with E-state index in [0.717, 1.165) is 23.5 Å². The molecule has 4 aliphatic rings. The number of nitriles is 1. The highest BCUT2D eigenvalue weighted by atomic mass is 15.1. The Balaban J connectivity index is 1.98. The summed E-state index contributed by atoms with van der Waals surface area (Å²) >= 11 is 0. The molecule has 0 spiro atoms. The van der Waals surface area contributed by atoms with Gasteiger partial charge in [-0.05, 0) is 74.2 Å². The first-order chi connectivity index (χ1) is 8.54. The summed E-state index contributed by atoms with van der Waals surface area (Å²) < 4.78 is 0. The van der Waals surface area contributed by atoms with Gasteiger partial charge in [-0.3, -0.25) is 0 Å². The van der Waals surface area contributed by atoms with Crippen molar-refractivity contribution in [2.45, 2.75) is 45.4 Å². The van der Waals surface area contributed by atoms with Crippen LogP contribution in [0.1, 0.15) is 45.4 Å². The Bertz CT molecular complexity index is 390. The van der Waals surface area contributed by atoms with Gasteiger partial charge in [0, 0.05) is 14.1 Å². The van der Waals surface area contributed by atoms with E-state index >= 15 is 0 Å². The SMILES string of the molecule is C/C(=C(/C#N)N(C)C)C12CC3CC(CC(C3)C1)C2. The quantitative estimate of drug-likeness (QED) is 0.694. The standard InChI is InChI=1S/C16H24N2/c1-11(15(10-17)18(2)3)16-7-12-4-13(8-16)6-14(5-12)9-16/h12-14H,4-9H2,1-3H3/b15-11+. The largest absolute Gasteiger partial charge is 0.369 e. The molecule has 0 radical (unpaired) electrons. The van der Waals surface area contributed by atoms with Crippen molar-refractivity contribution in [2.24, 2.45) is 23.2 Å². The fraction of sp³-hybridized carbons (Fsp3) is 0.812. The Kier molecular flexibility index (Phi) is 2.70. The first kappa shape index (κ1) is 12.1. The lowest BCUT2D eigenvalue weighted by Gasteiger charge is -2.57. The van der Waals surface area contributed by atoms with Crippen LogP contribution in [-0.2, 0) is 0 Å². The van der Waals surface area contributed by atoms with E-state index in [9.17, 15) is 5.26 Å². The van der Waals surface area contributed by atoms with E-state index in [4.69, 9.17) is 0 Å². The molecule has 0 aromatic carbocycles. The third-order valence-electron chi connectivity index (χ3n) is 5.74. The van der Waals surface area contributed by atoms with Crippen LogP contribution in [0.2, 0.25) is 0 Å². The summed E-state index contributed by atoms with van der Waals surface area (Å²) in [7, 11) is 4.01. The van der Waals surface area contributed by atoms with E-state index in [1.54, 1.807) is 0 Å². The maximum absolute atomic E-state index is 9.42. The molecular weight excluding hydrogens is 220 g/mol. The van der Waals surface area contributed by atoms with Crippen molar-refractivity contribution >= 4 is 0 Å². The molecule has 0 aromatic heterocycles. The van der Waals surface area contributed by atoms with Gasteiger partial charge >= 0.3 is 0 Å². The summed E-state index contributed by atoms with van der Waals surface area (Å²) in [4.78, 5) is 2.01. The van der Waals surface area contributed by atoms with Gasteiger partial charge in [-0.15, -0.1) is 0 Å². The highest BCUT2D eigenvalue weighted by Crippen LogP contribution is 2.62. The van der Waals surface area contributed by atoms with Crippen LogP contribution in [0.15, 0.2) is 11.3 Å². The Morgan fingerprint density at radius 1 is 1.06 bits per heavy atom. The fourth-order valence-electron chi connectivity index (χ4n) is 5.34. The second-order valence-corrected chi connectivity index (χ2v) is 7.18. The van der Waals surface area contributed by atoms with Crippen molar-refractivity contribution in [3.63, 3.8) is 0 Å². The van der Waals surface area contributed by atoms with Gasteiger partial charge in [0.1, 0.15) is 11.8 Å². The zero-order valence-corrected chi connectivity index (χ0v) is 11.9. The fourth-order valence-corrected chi connectivity index (χ4v) is 5.34. The van der Waals surface area contributed by atoms with E-state index < -0.39 is 0 Å². The van der Waals surface area contributed by atoms with E-state index in [-0.39, 0.29) is 0 Å². The molecule has 4 saturated carbocycles. The van der Waals surface area contributed by atoms with E-state index in [0.29, 0.717) is 5.41 Å². The molecular formula is C16H24N2. The molecule has 0 unspecified atom stereocenters. The Morgan fingerprint density at radius 3 is 1.83 bits per heavy atom. The summed E-state index contributed by atoms with van der Waals surface area (Å²) in [6.45, 7) is 2.23. The lowest BCUT2D eigenvalue weighted by atomic mass is 9.48. The van der Waals surface area contributed by atoms with Crippen LogP contribution in [0.4, 0.5) is 0 Å². The lowest BCUT2D eigenvalue weighted by Crippen LogP contribution is -2.47. The third kappa shape index (κ3) is 1.67. The highest BCUT2D eigenvalue weighted by Gasteiger charge is 2.52. The molecule has 0 N–H and O–H groups in total. The van der Waals surface area contributed by atoms with Crippen LogP contribution in [0.5, 0.6) is 0 Å². The maximum atomic E-state index is 9.42. The van der Waals surface area contributed by atoms with Crippen molar-refractivity contribution in [3.8, 4) is 6.07 Å². The molecule has 0 heterocycles. The van der Waals surface area contributed by atoms with Crippen molar-refractivity contribution in [3.05, 3.63) is 11.3 Å². The molecule has 18 heavy (non-hydrogen) atoms. The van der Waals surface area contributed by atoms with Crippen LogP contribution in [0, 0.1) is 34.5 Å². The molecule has 0 aliphatic heterocycles. The van der Waals surface area contributed by atoms with Gasteiger partial charge in [0.05, 0.1) is 0 Å². The zero-order valence-electron chi connectivity index (χ0n) is 11.9. The number of nitrogens with zero attached hydrogens (tertiary/aromatic N) is 2. The molecule has 4 rings (SSSR count). The van der Waals surface area contributed by atoms with Crippen molar-refractivity contribution in [2.75, 3.05) is 14.1 Å². The summed E-state index contributed by atoms with van der Waals surface area (Å²) in [5.74, 6) is 2.86. The van der Waals surface area contributed by atoms with Crippen LogP contribution in [0.3, 0.4) is 0 Å². The molecule has 2 nitrogen and oxygen atoms in total. The molecule has 0 amide bonds. The molecule has 98 valence electrons. The Morgan fingerprint density at radius 2 is 1.50 bits per heavy atom. The molecule has 0 saturated heterocycles. The van der Waals surface area contributed by atoms with Gasteiger partial charge in [0.15, 0.2) is 0 Å². The monoisotopic (exact) mass is 244 g/mol. The normalized spacial score (nSPS) is 42.4. The van der Waals surface area contributed by atoms with Gasteiger partial charge in [-0.25, -0.2) is 0 Å². The number of allylic oxidation sites excluding steroid dienone is 2. The maximum Gasteiger partial charge on any atom is 0.117 e. The molecule has 0 atom stereocenters. The van der Waals surface area contributed by atoms with Gasteiger partial charge in [0.2, 0.25) is 0 Å². The summed E-state index contributed by atoms with van der Waals surface area (Å²) in [6, 6.07) is 2.43. The minimum Gasteiger partial charge on any atom is -0.369 e. The Hall–Kier alpha value is -0.970. The van der Waals surface area contributed by atoms with Gasteiger partial charge in [0.25, 0.3) is 0 Å². The number of hydrogen-bond acceptors (Lipinski definition) is 2. The van der Waals surface area contributed by atoms with E-state index in [1.165, 1.54) is 44.1 Å². The first-order valence-corrected chi connectivity index (χ1v) is 7.33. The second-order valence-electron chi connectivity index (χ2n) is 7.18. The second kappa shape index (κ2) is 4.02. The minimum atomic E-state index is 0.379. The van der Waals surface area contributed by atoms with E-state index in [2.05, 4.69) is 13.0 Å².